The molecule has 4 N–H and O–H groups in total. The first-order chi connectivity index (χ1) is 10.1. The number of nitrogens with two attached hydrogens (primary N) is 1. The van der Waals surface area contributed by atoms with Gasteiger partial charge in [-0.15, -0.1) is 0 Å². The maximum absolute atomic E-state index is 8.70. The summed E-state index contributed by atoms with van der Waals surface area (Å²) in [5.41, 5.74) is 8.54. The number of hydrogen-bond donors (Lipinski definition) is 3. The standard InChI is InChI=1S/C16H18ClN3O/c1-11(13-5-7-15(17)8-6-13)19-10-12-3-2-4-14(9-12)16(18)20-21/h2-9,11,19,21H,10H2,1H3,(H2,18,20)/t11-/m1/s1. The van der Waals surface area contributed by atoms with E-state index >= 15 is 0 Å². The Labute approximate surface area is 129 Å². The van der Waals surface area contributed by atoms with Crippen LogP contribution in [0.3, 0.4) is 0 Å². The third kappa shape index (κ3) is 4.21. The van der Waals surface area contributed by atoms with Gasteiger partial charge in [-0.25, -0.2) is 0 Å². The molecule has 2 aromatic carbocycles. The van der Waals surface area contributed by atoms with E-state index in [0.29, 0.717) is 12.1 Å². The number of rotatable bonds is 5. The Hall–Kier alpha value is -2.04. The first-order valence-electron chi connectivity index (χ1n) is 6.66. The molecule has 0 unspecified atom stereocenters. The highest BCUT2D eigenvalue weighted by Gasteiger charge is 2.06. The summed E-state index contributed by atoms with van der Waals surface area (Å²) in [6.45, 7) is 2.78. The summed E-state index contributed by atoms with van der Waals surface area (Å²) in [5, 5.41) is 15.9. The summed E-state index contributed by atoms with van der Waals surface area (Å²) in [7, 11) is 0. The van der Waals surface area contributed by atoms with Crippen LogP contribution in [0.5, 0.6) is 0 Å². The summed E-state index contributed by atoms with van der Waals surface area (Å²) >= 11 is 5.89. The lowest BCUT2D eigenvalue weighted by atomic mass is 10.1. The molecule has 0 radical (unpaired) electrons. The molecule has 4 nitrogen and oxygen atoms in total. The zero-order valence-electron chi connectivity index (χ0n) is 11.8. The van der Waals surface area contributed by atoms with E-state index in [0.717, 1.165) is 10.6 Å². The van der Waals surface area contributed by atoms with Crippen LogP contribution in [0.2, 0.25) is 5.02 Å². The van der Waals surface area contributed by atoms with E-state index in [1.54, 1.807) is 6.07 Å². The van der Waals surface area contributed by atoms with Crippen molar-refractivity contribution >= 4 is 17.4 Å². The van der Waals surface area contributed by atoms with Crippen molar-refractivity contribution in [3.8, 4) is 0 Å². The van der Waals surface area contributed by atoms with Gasteiger partial charge in [0.1, 0.15) is 0 Å². The van der Waals surface area contributed by atoms with Crippen LogP contribution in [-0.2, 0) is 6.54 Å². The van der Waals surface area contributed by atoms with E-state index in [2.05, 4.69) is 17.4 Å². The Bertz CT molecular complexity index is 626. The van der Waals surface area contributed by atoms with Gasteiger partial charge in [0.05, 0.1) is 0 Å². The van der Waals surface area contributed by atoms with Crippen LogP contribution in [0.1, 0.15) is 29.7 Å². The van der Waals surface area contributed by atoms with Gasteiger partial charge in [0.15, 0.2) is 5.84 Å². The van der Waals surface area contributed by atoms with Crippen molar-refractivity contribution in [1.29, 1.82) is 0 Å². The van der Waals surface area contributed by atoms with Crippen LogP contribution in [0, 0.1) is 0 Å². The predicted molar refractivity (Wildman–Crippen MR) is 85.7 cm³/mol. The van der Waals surface area contributed by atoms with Crippen molar-refractivity contribution in [2.45, 2.75) is 19.5 Å². The largest absolute Gasteiger partial charge is 0.409 e. The highest BCUT2D eigenvalue weighted by molar-refractivity contribution is 6.30. The summed E-state index contributed by atoms with van der Waals surface area (Å²) in [4.78, 5) is 0. The van der Waals surface area contributed by atoms with Crippen LogP contribution in [0.25, 0.3) is 0 Å². The van der Waals surface area contributed by atoms with Gasteiger partial charge in [-0.2, -0.15) is 0 Å². The molecule has 5 heteroatoms. The molecule has 0 amide bonds. The molecule has 2 aromatic rings. The molecule has 1 atom stereocenters. The van der Waals surface area contributed by atoms with Crippen molar-refractivity contribution in [2.75, 3.05) is 0 Å². The number of amidine groups is 1. The Morgan fingerprint density at radius 1 is 1.29 bits per heavy atom. The Morgan fingerprint density at radius 3 is 2.67 bits per heavy atom. The minimum atomic E-state index is 0.114. The smallest absolute Gasteiger partial charge is 0.170 e. The molecule has 0 aliphatic rings. The number of halogens is 1. The lowest BCUT2D eigenvalue weighted by Gasteiger charge is -2.15. The number of hydrogen-bond acceptors (Lipinski definition) is 3. The van der Waals surface area contributed by atoms with Gasteiger partial charge in [0.2, 0.25) is 0 Å². The van der Waals surface area contributed by atoms with E-state index in [1.807, 2.05) is 42.5 Å². The van der Waals surface area contributed by atoms with Crippen LogP contribution in [0.4, 0.5) is 0 Å². The van der Waals surface area contributed by atoms with E-state index in [9.17, 15) is 0 Å². The third-order valence-electron chi connectivity index (χ3n) is 3.31. The predicted octanol–water partition coefficient (Wildman–Crippen LogP) is 3.29. The normalized spacial score (nSPS) is 13.1. The van der Waals surface area contributed by atoms with Crippen LogP contribution in [-0.4, -0.2) is 11.0 Å². The molecule has 0 aliphatic heterocycles. The molecule has 0 spiro atoms. The van der Waals surface area contributed by atoms with Gasteiger partial charge in [-0.3, -0.25) is 0 Å². The molecule has 21 heavy (non-hydrogen) atoms. The van der Waals surface area contributed by atoms with Gasteiger partial charge in [-0.05, 0) is 36.2 Å². The molecular formula is C16H18ClN3O. The average molecular weight is 304 g/mol. The maximum Gasteiger partial charge on any atom is 0.170 e. The third-order valence-corrected chi connectivity index (χ3v) is 3.56. The van der Waals surface area contributed by atoms with Crippen molar-refractivity contribution in [1.82, 2.24) is 5.32 Å². The molecule has 0 heterocycles. The van der Waals surface area contributed by atoms with E-state index in [1.165, 1.54) is 5.56 Å². The Kier molecular flexibility index (Phi) is 5.20. The summed E-state index contributed by atoms with van der Waals surface area (Å²) in [6, 6.07) is 15.6. The highest BCUT2D eigenvalue weighted by Crippen LogP contribution is 2.16. The van der Waals surface area contributed by atoms with E-state index in [-0.39, 0.29) is 11.9 Å². The number of oxime groups is 1. The van der Waals surface area contributed by atoms with Crippen molar-refractivity contribution < 1.29 is 5.21 Å². The van der Waals surface area contributed by atoms with Crippen molar-refractivity contribution in [2.24, 2.45) is 10.9 Å². The minimum absolute atomic E-state index is 0.114. The Balaban J connectivity index is 2.01. The number of benzene rings is 2. The maximum atomic E-state index is 8.70. The summed E-state index contributed by atoms with van der Waals surface area (Å²) in [6.07, 6.45) is 0. The van der Waals surface area contributed by atoms with Gasteiger partial charge in [-0.1, -0.05) is 47.1 Å². The fraction of sp³-hybridized carbons (Fsp3) is 0.188. The molecular weight excluding hydrogens is 286 g/mol. The fourth-order valence-electron chi connectivity index (χ4n) is 2.04. The molecule has 0 saturated heterocycles. The van der Waals surface area contributed by atoms with E-state index < -0.39 is 0 Å². The number of nitrogens with zero attached hydrogens (tertiary/aromatic N) is 1. The van der Waals surface area contributed by atoms with Crippen molar-refractivity contribution in [3.63, 3.8) is 0 Å². The molecule has 0 fully saturated rings. The quantitative estimate of drug-likeness (QED) is 0.343. The molecule has 0 aliphatic carbocycles. The molecule has 0 saturated carbocycles. The fourth-order valence-corrected chi connectivity index (χ4v) is 2.16. The molecule has 0 aromatic heterocycles. The summed E-state index contributed by atoms with van der Waals surface area (Å²) < 4.78 is 0. The van der Waals surface area contributed by atoms with Gasteiger partial charge < -0.3 is 16.3 Å². The van der Waals surface area contributed by atoms with E-state index in [4.69, 9.17) is 22.5 Å². The average Bonchev–Trinajstić information content (AvgIpc) is 2.52. The summed E-state index contributed by atoms with van der Waals surface area (Å²) in [5.74, 6) is 0.114. The monoisotopic (exact) mass is 303 g/mol. The lowest BCUT2D eigenvalue weighted by Crippen LogP contribution is -2.19. The van der Waals surface area contributed by atoms with Crippen LogP contribution >= 0.6 is 11.6 Å². The molecule has 2 rings (SSSR count). The van der Waals surface area contributed by atoms with Crippen LogP contribution < -0.4 is 11.1 Å². The molecule has 110 valence electrons. The molecule has 0 bridgehead atoms. The zero-order chi connectivity index (χ0) is 15.2. The van der Waals surface area contributed by atoms with Gasteiger partial charge >= 0.3 is 0 Å². The zero-order valence-corrected chi connectivity index (χ0v) is 12.5. The minimum Gasteiger partial charge on any atom is -0.409 e. The second kappa shape index (κ2) is 7.11. The van der Waals surface area contributed by atoms with Crippen LogP contribution in [0.15, 0.2) is 53.7 Å². The highest BCUT2D eigenvalue weighted by atomic mass is 35.5. The Morgan fingerprint density at radius 2 is 2.00 bits per heavy atom. The first kappa shape index (κ1) is 15.4. The second-order valence-electron chi connectivity index (χ2n) is 4.84. The lowest BCUT2D eigenvalue weighted by molar-refractivity contribution is 0.318. The first-order valence-corrected chi connectivity index (χ1v) is 7.03. The van der Waals surface area contributed by atoms with Gasteiger partial charge in [0.25, 0.3) is 0 Å². The second-order valence-corrected chi connectivity index (χ2v) is 5.28. The van der Waals surface area contributed by atoms with Crippen molar-refractivity contribution in [3.05, 3.63) is 70.2 Å². The SMILES string of the molecule is C[C@@H](NCc1cccc(/C(N)=N/O)c1)c1ccc(Cl)cc1. The number of nitrogens with one attached hydrogen (secondary N) is 1. The topological polar surface area (TPSA) is 70.6 Å². The van der Waals surface area contributed by atoms with Gasteiger partial charge in [0, 0.05) is 23.2 Å².